The van der Waals surface area contributed by atoms with Crippen LogP contribution in [0.15, 0.2) is 6.20 Å². The molecule has 0 spiro atoms. The van der Waals surface area contributed by atoms with E-state index in [0.29, 0.717) is 12.6 Å². The Bertz CT molecular complexity index is 573. The number of carbonyl (C=O) groups is 1. The molecule has 3 rings (SSSR count). The monoisotopic (exact) mass is 321 g/mol. The number of hydrogen-bond acceptors (Lipinski definition) is 5. The second-order valence-electron chi connectivity index (χ2n) is 6.95. The second-order valence-corrected chi connectivity index (χ2v) is 6.95. The molecule has 7 heteroatoms. The largest absolute Gasteiger partial charge is 0.396 e. The van der Waals surface area contributed by atoms with Gasteiger partial charge in [-0.3, -0.25) is 14.4 Å². The summed E-state index contributed by atoms with van der Waals surface area (Å²) in [5.41, 5.74) is 1.62. The number of carbonyl (C=O) groups excluding carboxylic acids is 1. The molecule has 3 N–H and O–H groups in total. The van der Waals surface area contributed by atoms with Crippen molar-refractivity contribution in [2.45, 2.75) is 32.2 Å². The molecule has 0 bridgehead atoms. The maximum Gasteiger partial charge on any atom is 0.238 e. The van der Waals surface area contributed by atoms with Crippen LogP contribution in [0.4, 0.5) is 5.69 Å². The first-order valence-electron chi connectivity index (χ1n) is 8.39. The number of aromatic nitrogens is 2. The lowest BCUT2D eigenvalue weighted by Crippen LogP contribution is -2.61. The number of nitrogens with zero attached hydrogens (tertiary/aromatic N) is 3. The van der Waals surface area contributed by atoms with Crippen molar-refractivity contribution in [2.75, 3.05) is 38.1 Å². The molecule has 2 saturated heterocycles. The Morgan fingerprint density at radius 2 is 2.43 bits per heavy atom. The smallest absolute Gasteiger partial charge is 0.238 e. The van der Waals surface area contributed by atoms with Gasteiger partial charge in [-0.1, -0.05) is 0 Å². The zero-order chi connectivity index (χ0) is 16.4. The highest BCUT2D eigenvalue weighted by Crippen LogP contribution is 2.36. The highest BCUT2D eigenvalue weighted by molar-refractivity contribution is 5.92. The quantitative estimate of drug-likeness (QED) is 0.733. The minimum absolute atomic E-state index is 0.0172. The topological polar surface area (TPSA) is 82.4 Å². The standard InChI is InChI=1S/C16H27N5O2/c1-12-13(8-18-20(12)2)19-15(23)9-21-7-4-14-16(10-21,11-22)5-3-6-17-14/h8,14,17,22H,3-7,9-11H2,1-2H3,(H,19,23)/t14-,16-/m1/s1. The van der Waals surface area contributed by atoms with Gasteiger partial charge >= 0.3 is 0 Å². The molecule has 1 amide bonds. The number of rotatable bonds is 4. The van der Waals surface area contributed by atoms with E-state index >= 15 is 0 Å². The molecule has 2 fully saturated rings. The first kappa shape index (κ1) is 16.4. The van der Waals surface area contributed by atoms with Gasteiger partial charge < -0.3 is 15.7 Å². The SMILES string of the molecule is Cc1c(NC(=O)CN2CC[C@H]3NCCC[C@]3(CO)C2)cnn1C. The number of anilines is 1. The molecule has 0 aromatic carbocycles. The molecule has 0 saturated carbocycles. The van der Waals surface area contributed by atoms with Crippen LogP contribution in [0.3, 0.4) is 0 Å². The molecule has 23 heavy (non-hydrogen) atoms. The Kier molecular flexibility index (Phi) is 4.70. The van der Waals surface area contributed by atoms with E-state index in [0.717, 1.165) is 50.3 Å². The fourth-order valence-corrected chi connectivity index (χ4v) is 3.93. The molecular formula is C16H27N5O2. The number of hydrogen-bond donors (Lipinski definition) is 3. The number of fused-ring (bicyclic) bond motifs is 1. The molecule has 1 aromatic heterocycles. The van der Waals surface area contributed by atoms with Gasteiger partial charge in [-0.2, -0.15) is 5.10 Å². The minimum Gasteiger partial charge on any atom is -0.396 e. The molecular weight excluding hydrogens is 294 g/mol. The van der Waals surface area contributed by atoms with Crippen LogP contribution in [0.1, 0.15) is 25.0 Å². The van der Waals surface area contributed by atoms with Crippen molar-refractivity contribution in [3.63, 3.8) is 0 Å². The van der Waals surface area contributed by atoms with Crippen LogP contribution in [-0.4, -0.2) is 64.5 Å². The number of amides is 1. The number of piperidine rings is 2. The number of aliphatic hydroxyl groups is 1. The predicted octanol–water partition coefficient (Wildman–Crippen LogP) is 0.103. The van der Waals surface area contributed by atoms with Crippen LogP contribution < -0.4 is 10.6 Å². The number of aryl methyl sites for hydroxylation is 1. The fraction of sp³-hybridized carbons (Fsp3) is 0.750. The van der Waals surface area contributed by atoms with E-state index in [2.05, 4.69) is 20.6 Å². The van der Waals surface area contributed by atoms with E-state index in [1.165, 1.54) is 0 Å². The fourth-order valence-electron chi connectivity index (χ4n) is 3.93. The third kappa shape index (κ3) is 3.27. The number of nitrogens with one attached hydrogen (secondary N) is 2. The summed E-state index contributed by atoms with van der Waals surface area (Å²) in [6.07, 6.45) is 4.78. The lowest BCUT2D eigenvalue weighted by Gasteiger charge is -2.50. The van der Waals surface area contributed by atoms with Crippen LogP contribution in [0, 0.1) is 12.3 Å². The van der Waals surface area contributed by atoms with Crippen LogP contribution in [0.5, 0.6) is 0 Å². The third-order valence-corrected chi connectivity index (χ3v) is 5.45. The van der Waals surface area contributed by atoms with E-state index in [1.54, 1.807) is 10.9 Å². The number of aliphatic hydroxyl groups excluding tert-OH is 1. The lowest BCUT2D eigenvalue weighted by molar-refractivity contribution is -0.119. The molecule has 0 unspecified atom stereocenters. The summed E-state index contributed by atoms with van der Waals surface area (Å²) in [4.78, 5) is 14.5. The van der Waals surface area contributed by atoms with E-state index < -0.39 is 0 Å². The van der Waals surface area contributed by atoms with Gasteiger partial charge in [0.2, 0.25) is 5.91 Å². The summed E-state index contributed by atoms with van der Waals surface area (Å²) in [6.45, 7) is 5.18. The predicted molar refractivity (Wildman–Crippen MR) is 88.2 cm³/mol. The van der Waals surface area contributed by atoms with E-state index in [9.17, 15) is 9.90 Å². The van der Waals surface area contributed by atoms with Gasteiger partial charge in [0, 0.05) is 31.6 Å². The van der Waals surface area contributed by atoms with Crippen molar-refractivity contribution in [2.24, 2.45) is 12.5 Å². The van der Waals surface area contributed by atoms with Gasteiger partial charge in [-0.25, -0.2) is 0 Å². The van der Waals surface area contributed by atoms with Gasteiger partial charge in [0.25, 0.3) is 0 Å². The van der Waals surface area contributed by atoms with Crippen molar-refractivity contribution in [3.05, 3.63) is 11.9 Å². The highest BCUT2D eigenvalue weighted by Gasteiger charge is 2.44. The molecule has 7 nitrogen and oxygen atoms in total. The average molecular weight is 321 g/mol. The molecule has 1 aromatic rings. The molecule has 0 aliphatic carbocycles. The summed E-state index contributed by atoms with van der Waals surface area (Å²) < 4.78 is 1.75. The van der Waals surface area contributed by atoms with Crippen LogP contribution in [-0.2, 0) is 11.8 Å². The van der Waals surface area contributed by atoms with Gasteiger partial charge in [-0.15, -0.1) is 0 Å². The molecule has 3 heterocycles. The van der Waals surface area contributed by atoms with Gasteiger partial charge in [0.15, 0.2) is 0 Å². The van der Waals surface area contributed by atoms with Crippen molar-refractivity contribution in [1.82, 2.24) is 20.0 Å². The summed E-state index contributed by atoms with van der Waals surface area (Å²) in [5.74, 6) is -0.0172. The van der Waals surface area contributed by atoms with E-state index in [1.807, 2.05) is 14.0 Å². The maximum absolute atomic E-state index is 12.3. The Morgan fingerprint density at radius 3 is 3.13 bits per heavy atom. The van der Waals surface area contributed by atoms with Gasteiger partial charge in [0.1, 0.15) is 0 Å². The Morgan fingerprint density at radius 1 is 1.61 bits per heavy atom. The summed E-state index contributed by atoms with van der Waals surface area (Å²) >= 11 is 0. The van der Waals surface area contributed by atoms with Crippen molar-refractivity contribution < 1.29 is 9.90 Å². The van der Waals surface area contributed by atoms with Crippen molar-refractivity contribution in [3.8, 4) is 0 Å². The first-order valence-corrected chi connectivity index (χ1v) is 8.39. The highest BCUT2D eigenvalue weighted by atomic mass is 16.3. The van der Waals surface area contributed by atoms with Crippen molar-refractivity contribution >= 4 is 11.6 Å². The van der Waals surface area contributed by atoms with Gasteiger partial charge in [0.05, 0.1) is 30.7 Å². The van der Waals surface area contributed by atoms with Crippen LogP contribution >= 0.6 is 0 Å². The molecule has 2 aliphatic heterocycles. The minimum atomic E-state index is -0.0962. The molecule has 2 atom stereocenters. The van der Waals surface area contributed by atoms with Crippen LogP contribution in [0.25, 0.3) is 0 Å². The summed E-state index contributed by atoms with van der Waals surface area (Å²) in [7, 11) is 1.86. The Balaban J connectivity index is 1.60. The maximum atomic E-state index is 12.3. The van der Waals surface area contributed by atoms with E-state index in [4.69, 9.17) is 0 Å². The molecule has 2 aliphatic rings. The molecule has 128 valence electrons. The normalized spacial score (nSPS) is 28.4. The third-order valence-electron chi connectivity index (χ3n) is 5.45. The average Bonchev–Trinajstić information content (AvgIpc) is 2.86. The Hall–Kier alpha value is -1.44. The van der Waals surface area contributed by atoms with Gasteiger partial charge in [-0.05, 0) is 32.7 Å². The van der Waals surface area contributed by atoms with Crippen molar-refractivity contribution in [1.29, 1.82) is 0 Å². The second kappa shape index (κ2) is 6.59. The lowest BCUT2D eigenvalue weighted by atomic mass is 9.71. The summed E-state index contributed by atoms with van der Waals surface area (Å²) in [6, 6.07) is 0.376. The molecule has 0 radical (unpaired) electrons. The van der Waals surface area contributed by atoms with Crippen LogP contribution in [0.2, 0.25) is 0 Å². The zero-order valence-electron chi connectivity index (χ0n) is 14.0. The summed E-state index contributed by atoms with van der Waals surface area (Å²) in [5, 5.41) is 20.5. The number of likely N-dealkylation sites (tertiary alicyclic amines) is 1. The zero-order valence-corrected chi connectivity index (χ0v) is 14.0. The Labute approximate surface area is 137 Å². The first-order chi connectivity index (χ1) is 11.0. The van der Waals surface area contributed by atoms with E-state index in [-0.39, 0.29) is 17.9 Å².